The summed E-state index contributed by atoms with van der Waals surface area (Å²) in [6, 6.07) is 8.02. The van der Waals surface area contributed by atoms with E-state index in [1.165, 1.54) is 6.92 Å². The van der Waals surface area contributed by atoms with Gasteiger partial charge < -0.3 is 5.32 Å². The van der Waals surface area contributed by atoms with E-state index in [9.17, 15) is 4.79 Å². The van der Waals surface area contributed by atoms with Gasteiger partial charge >= 0.3 is 0 Å². The lowest BCUT2D eigenvalue weighted by atomic mass is 10.1. The van der Waals surface area contributed by atoms with Crippen molar-refractivity contribution in [2.45, 2.75) is 13.8 Å². The normalized spacial score (nSPS) is 11.1. The zero-order valence-electron chi connectivity index (χ0n) is 10.9. The maximum absolute atomic E-state index is 10.8. The molecular weight excluding hydrogens is 260 g/mol. The van der Waals surface area contributed by atoms with Crippen molar-refractivity contribution in [1.29, 1.82) is 0 Å². The molecule has 0 saturated heterocycles. The summed E-state index contributed by atoms with van der Waals surface area (Å²) in [5.74, 6) is -0.0528. The highest BCUT2D eigenvalue weighted by Crippen LogP contribution is 2.23. The van der Waals surface area contributed by atoms with Crippen LogP contribution < -0.4 is 5.32 Å². The third-order valence-electron chi connectivity index (χ3n) is 2.79. The molecule has 19 heavy (non-hydrogen) atoms. The first kappa shape index (κ1) is 13.6. The number of aryl methyl sites for hydroxylation is 1. The molecule has 0 bridgehead atoms. The summed E-state index contributed by atoms with van der Waals surface area (Å²) >= 11 is 6.17. The highest BCUT2D eigenvalue weighted by Gasteiger charge is 2.04. The van der Waals surface area contributed by atoms with Crippen molar-refractivity contribution in [1.82, 2.24) is 10.3 Å². The van der Waals surface area contributed by atoms with E-state index < -0.39 is 0 Å². The van der Waals surface area contributed by atoms with E-state index in [0.29, 0.717) is 11.7 Å². The van der Waals surface area contributed by atoms with E-state index in [0.717, 1.165) is 22.0 Å². The van der Waals surface area contributed by atoms with Gasteiger partial charge in [0.15, 0.2) is 0 Å². The number of pyridine rings is 1. The lowest BCUT2D eigenvalue weighted by molar-refractivity contribution is -0.118. The number of fused-ring (bicyclic) bond motifs is 1. The van der Waals surface area contributed by atoms with Gasteiger partial charge in [0.25, 0.3) is 0 Å². The Bertz CT molecular complexity index is 650. The van der Waals surface area contributed by atoms with Crippen LogP contribution >= 0.6 is 11.6 Å². The zero-order chi connectivity index (χ0) is 13.8. The van der Waals surface area contributed by atoms with Crippen LogP contribution in [0.5, 0.6) is 0 Å². The maximum Gasteiger partial charge on any atom is 0.217 e. The average Bonchev–Trinajstić information content (AvgIpc) is 2.36. The SMILES string of the molecule is CC(=O)NCC=Cc1cc2cccc(C)c2nc1Cl. The molecule has 4 heteroatoms. The number of hydrogen-bond donors (Lipinski definition) is 1. The first-order valence-electron chi connectivity index (χ1n) is 6.05. The summed E-state index contributed by atoms with van der Waals surface area (Å²) in [7, 11) is 0. The molecule has 0 aliphatic heterocycles. The highest BCUT2D eigenvalue weighted by atomic mass is 35.5. The minimum atomic E-state index is -0.0528. The van der Waals surface area contributed by atoms with Crippen LogP contribution in [0, 0.1) is 6.92 Å². The fraction of sp³-hybridized carbons (Fsp3) is 0.200. The van der Waals surface area contributed by atoms with Crippen molar-refractivity contribution >= 4 is 34.5 Å². The molecule has 98 valence electrons. The van der Waals surface area contributed by atoms with Gasteiger partial charge in [-0.1, -0.05) is 42.0 Å². The predicted octanol–water partition coefficient (Wildman–Crippen LogP) is 3.35. The molecule has 1 N–H and O–H groups in total. The minimum Gasteiger partial charge on any atom is -0.353 e. The number of para-hydroxylation sites is 1. The quantitative estimate of drug-likeness (QED) is 0.872. The fourth-order valence-electron chi connectivity index (χ4n) is 1.85. The second-order valence-electron chi connectivity index (χ2n) is 4.35. The number of benzene rings is 1. The molecule has 2 aromatic rings. The Morgan fingerprint density at radius 1 is 1.47 bits per heavy atom. The molecule has 1 aromatic heterocycles. The van der Waals surface area contributed by atoms with Crippen LogP contribution in [0.4, 0.5) is 0 Å². The number of halogens is 1. The molecule has 0 aliphatic rings. The molecule has 1 amide bonds. The lowest BCUT2D eigenvalue weighted by Crippen LogP contribution is -2.19. The summed E-state index contributed by atoms with van der Waals surface area (Å²) in [5, 5.41) is 4.22. The predicted molar refractivity (Wildman–Crippen MR) is 79.2 cm³/mol. The van der Waals surface area contributed by atoms with Gasteiger partial charge in [-0.15, -0.1) is 0 Å². The number of nitrogens with one attached hydrogen (secondary N) is 1. The molecule has 1 aromatic carbocycles. The number of nitrogens with zero attached hydrogens (tertiary/aromatic N) is 1. The first-order chi connectivity index (χ1) is 9.08. The molecule has 0 saturated carbocycles. The maximum atomic E-state index is 10.8. The standard InChI is InChI=1S/C15H15ClN2O/c1-10-5-3-6-12-9-13(15(16)18-14(10)12)7-4-8-17-11(2)19/h3-7,9H,8H2,1-2H3,(H,17,19). The van der Waals surface area contributed by atoms with Crippen molar-refractivity contribution in [3.05, 3.63) is 46.6 Å². The molecular formula is C15H15ClN2O. The average molecular weight is 275 g/mol. The molecule has 1 heterocycles. The third kappa shape index (κ3) is 3.32. The zero-order valence-corrected chi connectivity index (χ0v) is 11.7. The topological polar surface area (TPSA) is 42.0 Å². The smallest absolute Gasteiger partial charge is 0.217 e. The highest BCUT2D eigenvalue weighted by molar-refractivity contribution is 6.31. The monoisotopic (exact) mass is 274 g/mol. The van der Waals surface area contributed by atoms with Crippen LogP contribution in [0.2, 0.25) is 5.15 Å². The van der Waals surface area contributed by atoms with Gasteiger partial charge in [0.2, 0.25) is 5.91 Å². The largest absolute Gasteiger partial charge is 0.353 e. The number of rotatable bonds is 3. The lowest BCUT2D eigenvalue weighted by Gasteiger charge is -2.04. The summed E-state index contributed by atoms with van der Waals surface area (Å²) < 4.78 is 0. The number of carbonyl (C=O) groups excluding carboxylic acids is 1. The summed E-state index contributed by atoms with van der Waals surface area (Å²) in [6.07, 6.45) is 3.72. The van der Waals surface area contributed by atoms with Gasteiger partial charge in [0, 0.05) is 24.4 Å². The molecule has 2 rings (SSSR count). The van der Waals surface area contributed by atoms with E-state index in [4.69, 9.17) is 11.6 Å². The number of carbonyl (C=O) groups is 1. The Morgan fingerprint density at radius 2 is 2.26 bits per heavy atom. The fourth-order valence-corrected chi connectivity index (χ4v) is 2.05. The number of hydrogen-bond acceptors (Lipinski definition) is 2. The van der Waals surface area contributed by atoms with Crippen molar-refractivity contribution in [3.63, 3.8) is 0 Å². The Morgan fingerprint density at radius 3 is 3.00 bits per heavy atom. The van der Waals surface area contributed by atoms with Crippen LogP contribution in [0.15, 0.2) is 30.3 Å². The minimum absolute atomic E-state index is 0.0528. The van der Waals surface area contributed by atoms with Crippen LogP contribution in [0.3, 0.4) is 0 Å². The second kappa shape index (κ2) is 5.85. The van der Waals surface area contributed by atoms with Crippen molar-refractivity contribution in [2.75, 3.05) is 6.54 Å². The van der Waals surface area contributed by atoms with E-state index >= 15 is 0 Å². The molecule has 0 radical (unpaired) electrons. The molecule has 0 aliphatic carbocycles. The third-order valence-corrected chi connectivity index (χ3v) is 3.10. The van der Waals surface area contributed by atoms with E-state index in [1.807, 2.05) is 43.3 Å². The molecule has 0 spiro atoms. The molecule has 0 fully saturated rings. The number of amides is 1. The summed E-state index contributed by atoms with van der Waals surface area (Å²) in [5.41, 5.74) is 2.88. The van der Waals surface area contributed by atoms with E-state index in [-0.39, 0.29) is 5.91 Å². The Hall–Kier alpha value is -1.87. The van der Waals surface area contributed by atoms with Crippen molar-refractivity contribution < 1.29 is 4.79 Å². The van der Waals surface area contributed by atoms with E-state index in [1.54, 1.807) is 0 Å². The van der Waals surface area contributed by atoms with Crippen LogP contribution in [-0.2, 0) is 4.79 Å². The first-order valence-corrected chi connectivity index (χ1v) is 6.42. The summed E-state index contributed by atoms with van der Waals surface area (Å²) in [6.45, 7) is 3.98. The molecule has 3 nitrogen and oxygen atoms in total. The van der Waals surface area contributed by atoms with E-state index in [2.05, 4.69) is 10.3 Å². The Balaban J connectivity index is 2.29. The van der Waals surface area contributed by atoms with Gasteiger partial charge in [-0.3, -0.25) is 4.79 Å². The van der Waals surface area contributed by atoms with Gasteiger partial charge in [-0.25, -0.2) is 4.98 Å². The molecule has 0 atom stereocenters. The van der Waals surface area contributed by atoms with Crippen LogP contribution in [-0.4, -0.2) is 17.4 Å². The van der Waals surface area contributed by atoms with Crippen molar-refractivity contribution in [3.8, 4) is 0 Å². The Labute approximate surface area is 117 Å². The summed E-state index contributed by atoms with van der Waals surface area (Å²) in [4.78, 5) is 15.2. The Kier molecular flexibility index (Phi) is 4.17. The van der Waals surface area contributed by atoms with Gasteiger partial charge in [-0.05, 0) is 18.6 Å². The van der Waals surface area contributed by atoms with Crippen LogP contribution in [0.25, 0.3) is 17.0 Å². The van der Waals surface area contributed by atoms with Gasteiger partial charge in [-0.2, -0.15) is 0 Å². The number of aromatic nitrogens is 1. The molecule has 0 unspecified atom stereocenters. The van der Waals surface area contributed by atoms with Crippen LogP contribution in [0.1, 0.15) is 18.1 Å². The van der Waals surface area contributed by atoms with Gasteiger partial charge in [0.1, 0.15) is 5.15 Å². The van der Waals surface area contributed by atoms with Gasteiger partial charge in [0.05, 0.1) is 5.52 Å². The second-order valence-corrected chi connectivity index (χ2v) is 4.71. The van der Waals surface area contributed by atoms with Crippen molar-refractivity contribution in [2.24, 2.45) is 0 Å².